The van der Waals surface area contributed by atoms with Gasteiger partial charge in [-0.3, -0.25) is 0 Å². The van der Waals surface area contributed by atoms with Crippen molar-refractivity contribution in [2.45, 2.75) is 26.1 Å². The highest BCUT2D eigenvalue weighted by atomic mass is 16.7. The van der Waals surface area contributed by atoms with Crippen LogP contribution in [0.25, 0.3) is 0 Å². The summed E-state index contributed by atoms with van der Waals surface area (Å²) < 4.78 is 10.4. The fourth-order valence-electron chi connectivity index (χ4n) is 0.865. The second-order valence-corrected chi connectivity index (χ2v) is 1.90. The zero-order chi connectivity index (χ0) is 5.82. The molecule has 0 radical (unpaired) electrons. The van der Waals surface area contributed by atoms with E-state index in [0.717, 1.165) is 26.1 Å². The lowest BCUT2D eigenvalue weighted by Crippen LogP contribution is -2.09. The molecule has 1 aliphatic rings. The highest BCUT2D eigenvalue weighted by Gasteiger charge is 2.13. The Morgan fingerprint density at radius 1 is 1.75 bits per heavy atom. The van der Waals surface area contributed by atoms with E-state index in [1.807, 2.05) is 6.92 Å². The SMILES string of the molecule is CCOC1CCCO1. The van der Waals surface area contributed by atoms with Crippen LogP contribution in [0.4, 0.5) is 0 Å². The molecule has 0 saturated carbocycles. The summed E-state index contributed by atoms with van der Waals surface area (Å²) in [6, 6.07) is 0. The predicted molar refractivity (Wildman–Crippen MR) is 30.6 cm³/mol. The zero-order valence-corrected chi connectivity index (χ0v) is 5.22. The number of rotatable bonds is 2. The Hall–Kier alpha value is -0.0800. The van der Waals surface area contributed by atoms with E-state index in [9.17, 15) is 0 Å². The monoisotopic (exact) mass is 116 g/mol. The van der Waals surface area contributed by atoms with Gasteiger partial charge in [0, 0.05) is 19.6 Å². The first kappa shape index (κ1) is 6.05. The lowest BCUT2D eigenvalue weighted by Gasteiger charge is -2.06. The molecule has 0 N–H and O–H groups in total. The number of ether oxygens (including phenoxy) is 2. The summed E-state index contributed by atoms with van der Waals surface area (Å²) in [5, 5.41) is 0. The summed E-state index contributed by atoms with van der Waals surface area (Å²) in [7, 11) is 0. The highest BCUT2D eigenvalue weighted by Crippen LogP contribution is 2.11. The third kappa shape index (κ3) is 1.46. The van der Waals surface area contributed by atoms with Gasteiger partial charge in [-0.2, -0.15) is 0 Å². The van der Waals surface area contributed by atoms with E-state index in [0.29, 0.717) is 0 Å². The van der Waals surface area contributed by atoms with Crippen molar-refractivity contribution >= 4 is 0 Å². The molecule has 2 nitrogen and oxygen atoms in total. The van der Waals surface area contributed by atoms with Crippen LogP contribution < -0.4 is 0 Å². The van der Waals surface area contributed by atoms with Crippen molar-refractivity contribution in [1.29, 1.82) is 0 Å². The minimum atomic E-state index is 0.111. The van der Waals surface area contributed by atoms with Crippen molar-refractivity contribution in [1.82, 2.24) is 0 Å². The van der Waals surface area contributed by atoms with E-state index >= 15 is 0 Å². The predicted octanol–water partition coefficient (Wildman–Crippen LogP) is 1.16. The maximum Gasteiger partial charge on any atom is 0.157 e. The van der Waals surface area contributed by atoms with Gasteiger partial charge in [-0.1, -0.05) is 0 Å². The summed E-state index contributed by atoms with van der Waals surface area (Å²) >= 11 is 0. The van der Waals surface area contributed by atoms with Gasteiger partial charge < -0.3 is 9.47 Å². The first-order valence-electron chi connectivity index (χ1n) is 3.16. The van der Waals surface area contributed by atoms with Gasteiger partial charge in [0.25, 0.3) is 0 Å². The van der Waals surface area contributed by atoms with E-state index in [2.05, 4.69) is 0 Å². The molecule has 1 aliphatic heterocycles. The van der Waals surface area contributed by atoms with E-state index in [-0.39, 0.29) is 6.29 Å². The molecule has 1 unspecified atom stereocenters. The van der Waals surface area contributed by atoms with Gasteiger partial charge in [-0.15, -0.1) is 0 Å². The molecule has 1 saturated heterocycles. The van der Waals surface area contributed by atoms with Gasteiger partial charge in [0.15, 0.2) is 6.29 Å². The average Bonchev–Trinajstić information content (AvgIpc) is 2.19. The lowest BCUT2D eigenvalue weighted by molar-refractivity contribution is -0.106. The van der Waals surface area contributed by atoms with Crippen LogP contribution in [-0.2, 0) is 9.47 Å². The molecule has 1 fully saturated rings. The molecule has 0 aromatic heterocycles. The van der Waals surface area contributed by atoms with Crippen LogP contribution in [0, 0.1) is 0 Å². The van der Waals surface area contributed by atoms with Gasteiger partial charge in [0.1, 0.15) is 0 Å². The fraction of sp³-hybridized carbons (Fsp3) is 1.00. The third-order valence-corrected chi connectivity index (χ3v) is 1.24. The van der Waals surface area contributed by atoms with Crippen LogP contribution in [0.1, 0.15) is 19.8 Å². The van der Waals surface area contributed by atoms with Crippen molar-refractivity contribution in [3.05, 3.63) is 0 Å². The number of hydrogen-bond donors (Lipinski definition) is 0. The molecule has 2 heteroatoms. The van der Waals surface area contributed by atoms with Crippen LogP contribution in [0.15, 0.2) is 0 Å². The molecule has 0 aromatic rings. The van der Waals surface area contributed by atoms with Gasteiger partial charge in [-0.05, 0) is 13.3 Å². The van der Waals surface area contributed by atoms with Gasteiger partial charge in [-0.25, -0.2) is 0 Å². The Morgan fingerprint density at radius 3 is 3.12 bits per heavy atom. The third-order valence-electron chi connectivity index (χ3n) is 1.24. The van der Waals surface area contributed by atoms with Crippen LogP contribution in [-0.4, -0.2) is 19.5 Å². The molecule has 0 aliphatic carbocycles. The molecule has 48 valence electrons. The van der Waals surface area contributed by atoms with Crippen molar-refractivity contribution in [2.24, 2.45) is 0 Å². The highest BCUT2D eigenvalue weighted by molar-refractivity contribution is 4.52. The molecular weight excluding hydrogens is 104 g/mol. The van der Waals surface area contributed by atoms with E-state index in [1.165, 1.54) is 0 Å². The summed E-state index contributed by atoms with van der Waals surface area (Å²) in [5.41, 5.74) is 0. The molecular formula is C6H12O2. The number of hydrogen-bond acceptors (Lipinski definition) is 2. The Morgan fingerprint density at radius 2 is 2.62 bits per heavy atom. The first-order chi connectivity index (χ1) is 3.93. The smallest absolute Gasteiger partial charge is 0.157 e. The van der Waals surface area contributed by atoms with Crippen molar-refractivity contribution in [2.75, 3.05) is 13.2 Å². The molecule has 0 spiro atoms. The molecule has 8 heavy (non-hydrogen) atoms. The summed E-state index contributed by atoms with van der Waals surface area (Å²) in [5.74, 6) is 0. The molecule has 0 amide bonds. The van der Waals surface area contributed by atoms with Crippen LogP contribution >= 0.6 is 0 Å². The van der Waals surface area contributed by atoms with Crippen LogP contribution in [0.5, 0.6) is 0 Å². The standard InChI is InChI=1S/C6H12O2/c1-2-7-6-4-3-5-8-6/h6H,2-5H2,1H3. The summed E-state index contributed by atoms with van der Waals surface area (Å²) in [6.45, 7) is 3.64. The quantitative estimate of drug-likeness (QED) is 0.539. The van der Waals surface area contributed by atoms with E-state index in [4.69, 9.17) is 9.47 Å². The largest absolute Gasteiger partial charge is 0.353 e. The Balaban J connectivity index is 2.06. The normalized spacial score (nSPS) is 28.9. The summed E-state index contributed by atoms with van der Waals surface area (Å²) in [4.78, 5) is 0. The molecule has 1 heterocycles. The first-order valence-corrected chi connectivity index (χ1v) is 3.16. The van der Waals surface area contributed by atoms with Crippen molar-refractivity contribution in [3.8, 4) is 0 Å². The molecule has 0 aromatic carbocycles. The average molecular weight is 116 g/mol. The maximum absolute atomic E-state index is 5.18. The second kappa shape index (κ2) is 3.05. The Bertz CT molecular complexity index is 57.5. The molecule has 1 rings (SSSR count). The maximum atomic E-state index is 5.18. The Kier molecular flexibility index (Phi) is 2.30. The van der Waals surface area contributed by atoms with Crippen molar-refractivity contribution < 1.29 is 9.47 Å². The summed E-state index contributed by atoms with van der Waals surface area (Å²) in [6.07, 6.45) is 2.35. The zero-order valence-electron chi connectivity index (χ0n) is 5.22. The van der Waals surface area contributed by atoms with Crippen molar-refractivity contribution in [3.63, 3.8) is 0 Å². The second-order valence-electron chi connectivity index (χ2n) is 1.90. The van der Waals surface area contributed by atoms with Crippen LogP contribution in [0.3, 0.4) is 0 Å². The fourth-order valence-corrected chi connectivity index (χ4v) is 0.865. The van der Waals surface area contributed by atoms with Gasteiger partial charge in [0.2, 0.25) is 0 Å². The Labute approximate surface area is 49.8 Å². The molecule has 1 atom stereocenters. The minimum absolute atomic E-state index is 0.111. The van der Waals surface area contributed by atoms with Crippen LogP contribution in [0.2, 0.25) is 0 Å². The topological polar surface area (TPSA) is 18.5 Å². The molecule has 0 bridgehead atoms. The minimum Gasteiger partial charge on any atom is -0.353 e. The van der Waals surface area contributed by atoms with E-state index in [1.54, 1.807) is 0 Å². The van der Waals surface area contributed by atoms with Gasteiger partial charge in [0.05, 0.1) is 0 Å². The lowest BCUT2D eigenvalue weighted by atomic mass is 10.4. The van der Waals surface area contributed by atoms with Gasteiger partial charge >= 0.3 is 0 Å². The van der Waals surface area contributed by atoms with E-state index < -0.39 is 0 Å².